The summed E-state index contributed by atoms with van der Waals surface area (Å²) in [7, 11) is 6.60. The highest BCUT2D eigenvalue weighted by atomic mass is 15.1. The highest BCUT2D eigenvalue weighted by Crippen LogP contribution is 2.13. The van der Waals surface area contributed by atoms with Crippen LogP contribution >= 0.6 is 0 Å². The fourth-order valence-electron chi connectivity index (χ4n) is 3.34. The molecule has 0 unspecified atom stereocenters. The van der Waals surface area contributed by atoms with Crippen LogP contribution in [0.5, 0.6) is 0 Å². The molecule has 146 valence electrons. The minimum Gasteiger partial charge on any atom is -0.309 e. The van der Waals surface area contributed by atoms with E-state index in [0.29, 0.717) is 0 Å². The molecule has 0 heterocycles. The molecule has 0 spiro atoms. The van der Waals surface area contributed by atoms with Crippen molar-refractivity contribution in [3.05, 3.63) is 0 Å². The van der Waals surface area contributed by atoms with E-state index in [-0.39, 0.29) is 0 Å². The number of hydrogen-bond acceptors (Lipinski definition) is 2. The van der Waals surface area contributed by atoms with Crippen LogP contribution in [0, 0.1) is 0 Å². The smallest absolute Gasteiger partial charge is 0.000960 e. The Morgan fingerprint density at radius 2 is 0.792 bits per heavy atom. The van der Waals surface area contributed by atoms with Gasteiger partial charge in [0.1, 0.15) is 0 Å². The normalized spacial score (nSPS) is 11.8. The number of rotatable bonds is 19. The van der Waals surface area contributed by atoms with Crippen LogP contribution in [0.4, 0.5) is 0 Å². The van der Waals surface area contributed by atoms with Gasteiger partial charge in [-0.25, -0.2) is 0 Å². The van der Waals surface area contributed by atoms with Gasteiger partial charge in [-0.2, -0.15) is 0 Å². The maximum Gasteiger partial charge on any atom is -0.000960 e. The second-order valence-electron chi connectivity index (χ2n) is 8.06. The molecule has 0 amide bonds. The quantitative estimate of drug-likeness (QED) is 0.253. The highest BCUT2D eigenvalue weighted by Gasteiger charge is 1.99. The van der Waals surface area contributed by atoms with E-state index in [9.17, 15) is 0 Å². The van der Waals surface area contributed by atoms with Crippen molar-refractivity contribution in [2.75, 3.05) is 40.8 Å². The van der Waals surface area contributed by atoms with Gasteiger partial charge in [0.15, 0.2) is 0 Å². The summed E-state index contributed by atoms with van der Waals surface area (Å²) in [6.07, 6.45) is 21.6. The van der Waals surface area contributed by atoms with E-state index in [1.165, 1.54) is 116 Å². The number of nitrogens with zero attached hydrogens (tertiary/aromatic N) is 2. The van der Waals surface area contributed by atoms with E-state index in [1.807, 2.05) is 0 Å². The van der Waals surface area contributed by atoms with Crippen molar-refractivity contribution in [2.24, 2.45) is 0 Å². The summed E-state index contributed by atoms with van der Waals surface area (Å²) in [4.78, 5) is 4.78. The summed E-state index contributed by atoms with van der Waals surface area (Å²) in [6.45, 7) is 6.04. The molecule has 2 heteroatoms. The Morgan fingerprint density at radius 3 is 1.21 bits per heavy atom. The maximum absolute atomic E-state index is 2.50. The molecule has 0 N–H and O–H groups in total. The topological polar surface area (TPSA) is 6.48 Å². The van der Waals surface area contributed by atoms with Crippen LogP contribution in [0.2, 0.25) is 0 Å². The van der Waals surface area contributed by atoms with Gasteiger partial charge in [0, 0.05) is 0 Å². The Kier molecular flexibility index (Phi) is 19.2. The first kappa shape index (κ1) is 23.9. The Hall–Kier alpha value is -0.0800. The largest absolute Gasteiger partial charge is 0.309 e. The van der Waals surface area contributed by atoms with Gasteiger partial charge in [-0.05, 0) is 53.6 Å². The van der Waals surface area contributed by atoms with Crippen LogP contribution < -0.4 is 0 Å². The molecule has 0 aromatic rings. The zero-order chi connectivity index (χ0) is 17.9. The highest BCUT2D eigenvalue weighted by molar-refractivity contribution is 4.55. The van der Waals surface area contributed by atoms with Gasteiger partial charge < -0.3 is 9.80 Å². The molecule has 0 bridgehead atoms. The maximum atomic E-state index is 2.50. The van der Waals surface area contributed by atoms with Gasteiger partial charge in [0.25, 0.3) is 0 Å². The summed E-state index contributed by atoms with van der Waals surface area (Å²) in [5.74, 6) is 0. The van der Waals surface area contributed by atoms with E-state index in [4.69, 9.17) is 0 Å². The molecular formula is C22H48N2. The molecule has 0 rings (SSSR count). The first-order valence-electron chi connectivity index (χ1n) is 11.0. The minimum absolute atomic E-state index is 1.21. The lowest BCUT2D eigenvalue weighted by Crippen LogP contribution is -2.24. The first-order valence-corrected chi connectivity index (χ1v) is 11.0. The molecule has 0 saturated heterocycles. The van der Waals surface area contributed by atoms with E-state index >= 15 is 0 Å². The average Bonchev–Trinajstić information content (AvgIpc) is 2.55. The first-order chi connectivity index (χ1) is 11.7. The van der Waals surface area contributed by atoms with E-state index in [1.54, 1.807) is 0 Å². The van der Waals surface area contributed by atoms with E-state index in [2.05, 4.69) is 37.9 Å². The summed E-state index contributed by atoms with van der Waals surface area (Å²) in [5, 5.41) is 0. The number of hydrogen-bond donors (Lipinski definition) is 0. The second kappa shape index (κ2) is 19.2. The molecule has 0 fully saturated rings. The summed E-state index contributed by atoms with van der Waals surface area (Å²) < 4.78 is 0. The third-order valence-corrected chi connectivity index (χ3v) is 5.04. The monoisotopic (exact) mass is 340 g/mol. The fourth-order valence-corrected chi connectivity index (χ4v) is 3.34. The average molecular weight is 341 g/mol. The molecule has 0 aromatic carbocycles. The third kappa shape index (κ3) is 20.0. The van der Waals surface area contributed by atoms with Crippen molar-refractivity contribution in [1.29, 1.82) is 0 Å². The molecule has 0 aliphatic rings. The zero-order valence-electron chi connectivity index (χ0n) is 17.6. The molecule has 0 aliphatic heterocycles. The Labute approximate surface area is 154 Å². The van der Waals surface area contributed by atoms with Crippen LogP contribution in [-0.4, -0.2) is 50.6 Å². The van der Waals surface area contributed by atoms with Crippen LogP contribution in [-0.2, 0) is 0 Å². The predicted molar refractivity (Wildman–Crippen MR) is 111 cm³/mol. The van der Waals surface area contributed by atoms with Crippen molar-refractivity contribution in [3.63, 3.8) is 0 Å². The lowest BCUT2D eigenvalue weighted by atomic mass is 10.0. The van der Waals surface area contributed by atoms with Crippen LogP contribution in [0.15, 0.2) is 0 Å². The SMILES string of the molecule is CCCCCCCCCCCCCCCCN(C)CCCN(C)C. The summed E-state index contributed by atoms with van der Waals surface area (Å²) in [6, 6.07) is 0. The molecule has 24 heavy (non-hydrogen) atoms. The molecular weight excluding hydrogens is 292 g/mol. The minimum atomic E-state index is 1.21. The van der Waals surface area contributed by atoms with Gasteiger partial charge in [0.05, 0.1) is 0 Å². The van der Waals surface area contributed by atoms with Gasteiger partial charge in [-0.3, -0.25) is 0 Å². The van der Waals surface area contributed by atoms with E-state index < -0.39 is 0 Å². The lowest BCUT2D eigenvalue weighted by Gasteiger charge is -2.17. The molecule has 0 saturated carbocycles. The molecule has 0 atom stereocenters. The predicted octanol–water partition coefficient (Wildman–Crippen LogP) is 6.35. The van der Waals surface area contributed by atoms with Gasteiger partial charge in [0.2, 0.25) is 0 Å². The second-order valence-corrected chi connectivity index (χ2v) is 8.06. The van der Waals surface area contributed by atoms with Gasteiger partial charge in [-0.15, -0.1) is 0 Å². The Balaban J connectivity index is 3.09. The molecule has 2 nitrogen and oxygen atoms in total. The Bertz CT molecular complexity index is 228. The molecule has 0 radical (unpaired) electrons. The lowest BCUT2D eigenvalue weighted by molar-refractivity contribution is 0.294. The third-order valence-electron chi connectivity index (χ3n) is 5.04. The fraction of sp³-hybridized carbons (Fsp3) is 1.00. The molecule has 0 aliphatic carbocycles. The summed E-state index contributed by atoms with van der Waals surface area (Å²) >= 11 is 0. The van der Waals surface area contributed by atoms with Crippen molar-refractivity contribution in [3.8, 4) is 0 Å². The Morgan fingerprint density at radius 1 is 0.417 bits per heavy atom. The van der Waals surface area contributed by atoms with Gasteiger partial charge in [-0.1, -0.05) is 90.4 Å². The van der Waals surface area contributed by atoms with E-state index in [0.717, 1.165) is 0 Å². The van der Waals surface area contributed by atoms with Crippen LogP contribution in [0.3, 0.4) is 0 Å². The van der Waals surface area contributed by atoms with Crippen LogP contribution in [0.1, 0.15) is 103 Å². The molecule has 0 aromatic heterocycles. The standard InChI is InChI=1S/C22H48N2/c1-5-6-7-8-9-10-11-12-13-14-15-16-17-18-21-24(4)22-19-20-23(2)3/h5-22H2,1-4H3. The van der Waals surface area contributed by atoms with Crippen molar-refractivity contribution >= 4 is 0 Å². The van der Waals surface area contributed by atoms with Gasteiger partial charge >= 0.3 is 0 Å². The van der Waals surface area contributed by atoms with Crippen molar-refractivity contribution in [1.82, 2.24) is 9.80 Å². The number of unbranched alkanes of at least 4 members (excludes halogenated alkanes) is 13. The summed E-state index contributed by atoms with van der Waals surface area (Å²) in [5.41, 5.74) is 0. The van der Waals surface area contributed by atoms with Crippen molar-refractivity contribution in [2.45, 2.75) is 103 Å². The van der Waals surface area contributed by atoms with Crippen LogP contribution in [0.25, 0.3) is 0 Å². The van der Waals surface area contributed by atoms with Crippen molar-refractivity contribution < 1.29 is 0 Å². The zero-order valence-corrected chi connectivity index (χ0v) is 17.6.